The molecule has 0 radical (unpaired) electrons. The Morgan fingerprint density at radius 3 is 1.71 bits per heavy atom. The van der Waals surface area contributed by atoms with E-state index in [1.165, 1.54) is 14.0 Å². The van der Waals surface area contributed by atoms with Crippen molar-refractivity contribution in [2.24, 2.45) is 39.4 Å². The molecule has 2 aromatic rings. The average Bonchev–Trinajstić information content (AvgIpc) is 3.34. The van der Waals surface area contributed by atoms with Crippen LogP contribution < -0.4 is 71.6 Å². The van der Waals surface area contributed by atoms with Crippen molar-refractivity contribution in [3.05, 3.63) is 71.8 Å². The normalized spacial score (nSPS) is 21.2. The molecule has 398 valence electrons. The Kier molecular flexibility index (Phi) is 24.9. The topological polar surface area (TPSA) is 444 Å². The van der Waals surface area contributed by atoms with Gasteiger partial charge in [0.2, 0.25) is 65.0 Å². The molecular formula is C45H65N15O11S2. The third-order valence-electron chi connectivity index (χ3n) is 11.0. The molecule has 0 unspecified atom stereocenters. The molecule has 1 saturated heterocycles. The summed E-state index contributed by atoms with van der Waals surface area (Å²) in [6.07, 6.45) is -1.67. The van der Waals surface area contributed by atoms with Crippen LogP contribution in [0.1, 0.15) is 50.2 Å². The first kappa shape index (κ1) is 59.8. The summed E-state index contributed by atoms with van der Waals surface area (Å²) >= 11 is 0. The summed E-state index contributed by atoms with van der Waals surface area (Å²) in [4.78, 5) is 152. The van der Waals surface area contributed by atoms with Crippen LogP contribution in [0.3, 0.4) is 0 Å². The molecule has 28 heteroatoms. The zero-order valence-electron chi connectivity index (χ0n) is 40.3. The molecule has 73 heavy (non-hydrogen) atoms. The lowest BCUT2D eigenvalue weighted by atomic mass is 10.0. The number of hydrogen-bond donors (Lipinski definition) is 13. The van der Waals surface area contributed by atoms with E-state index in [4.69, 9.17) is 34.4 Å². The lowest BCUT2D eigenvalue weighted by molar-refractivity contribution is -0.142. The number of nitrogens with one attached hydrogen (secondary N) is 7. The van der Waals surface area contributed by atoms with Gasteiger partial charge in [-0.25, -0.2) is 0 Å². The molecule has 1 heterocycles. The van der Waals surface area contributed by atoms with Crippen LogP contribution >= 0.6 is 21.6 Å². The Bertz CT molecular complexity index is 2310. The quantitative estimate of drug-likeness (QED) is 0.0255. The molecule has 2 aromatic carbocycles. The van der Waals surface area contributed by atoms with Gasteiger partial charge in [0.25, 0.3) is 0 Å². The van der Waals surface area contributed by atoms with Crippen molar-refractivity contribution in [2.75, 3.05) is 31.6 Å². The first-order valence-electron chi connectivity index (χ1n) is 22.9. The molecular weight excluding hydrogens is 991 g/mol. The van der Waals surface area contributed by atoms with Crippen molar-refractivity contribution in [1.29, 1.82) is 0 Å². The molecule has 1 fully saturated rings. The van der Waals surface area contributed by atoms with E-state index in [9.17, 15) is 52.7 Å². The van der Waals surface area contributed by atoms with Crippen molar-refractivity contribution in [3.8, 4) is 0 Å². The summed E-state index contributed by atoms with van der Waals surface area (Å²) in [5.41, 5.74) is 34.5. The molecule has 19 N–H and O–H groups in total. The molecule has 26 nitrogen and oxygen atoms in total. The van der Waals surface area contributed by atoms with Crippen LogP contribution in [-0.2, 0) is 65.6 Å². The lowest BCUT2D eigenvalue weighted by Crippen LogP contribution is -2.61. The van der Waals surface area contributed by atoms with Gasteiger partial charge in [-0.05, 0) is 37.3 Å². The standard InChI is InChI=1S/C45H65N15O11S2/c1-24(37(64)54-28(14-9-17-52-45(50)51)39(66)53-21-36(49)63)60(2)44(71)33-23-73-72-22-27(46)38(65)56-30(18-25-10-5-3-6-11-25)42(69)57-31(19-26-12-7-4-8-13-26)41(68)55-29(15-16-34(47)61)40(67)58-32(20-35(48)62)43(70)59-33/h3-8,10-13,24,27-33H,9,14-23,46H2,1-2H3,(H2,47,61)(H2,48,62)(H2,49,63)(H,53,66)(H,54,64)(H,55,68)(H,56,65)(H,57,69)(H,58,67)(H,59,70)(H4,50,51,52)/t24-,27-,28+,29-,30-,31+,32+,33+/m1/s1. The Hall–Kier alpha value is -7.46. The van der Waals surface area contributed by atoms with Crippen LogP contribution in [-0.4, -0.2) is 156 Å². The first-order chi connectivity index (χ1) is 34.6. The van der Waals surface area contributed by atoms with Crippen molar-refractivity contribution in [3.63, 3.8) is 0 Å². The third kappa shape index (κ3) is 21.4. The minimum absolute atomic E-state index is 0.0145. The molecule has 11 amide bonds. The van der Waals surface area contributed by atoms with E-state index in [1.807, 2.05) is 0 Å². The molecule has 0 bridgehead atoms. The highest BCUT2D eigenvalue weighted by molar-refractivity contribution is 8.76. The number of amides is 11. The van der Waals surface area contributed by atoms with Crippen molar-refractivity contribution in [1.82, 2.24) is 42.1 Å². The van der Waals surface area contributed by atoms with Gasteiger partial charge in [0, 0.05) is 44.4 Å². The SMILES string of the molecule is C[C@H](C(=O)N[C@@H](CCCN=C(N)N)C(=O)NCC(N)=O)N(C)C(=O)[C@@H]1CSSC[C@@H](N)C(=O)N[C@H](Cc2ccccc2)C(=O)N[C@@H](Cc2ccccc2)C(=O)N[C@H](CCC(N)=O)C(=O)N[C@@H](CC(N)=O)C(=O)N1. The minimum Gasteiger partial charge on any atom is -0.370 e. The van der Waals surface area contributed by atoms with E-state index >= 15 is 0 Å². The second kappa shape index (κ2) is 30.4. The molecule has 3 rings (SSSR count). The van der Waals surface area contributed by atoms with E-state index in [2.05, 4.69) is 42.2 Å². The van der Waals surface area contributed by atoms with Gasteiger partial charge in [-0.15, -0.1) is 0 Å². The molecule has 0 saturated carbocycles. The zero-order valence-corrected chi connectivity index (χ0v) is 42.0. The van der Waals surface area contributed by atoms with E-state index in [0.717, 1.165) is 26.5 Å². The summed E-state index contributed by atoms with van der Waals surface area (Å²) in [7, 11) is 3.22. The van der Waals surface area contributed by atoms with Crippen LogP contribution in [0.2, 0.25) is 0 Å². The zero-order chi connectivity index (χ0) is 54.2. The van der Waals surface area contributed by atoms with E-state index in [0.29, 0.717) is 11.1 Å². The number of hydrogen-bond acceptors (Lipinski definition) is 15. The minimum atomic E-state index is -1.79. The number of nitrogens with zero attached hydrogens (tertiary/aromatic N) is 2. The fourth-order valence-corrected chi connectivity index (χ4v) is 9.19. The van der Waals surface area contributed by atoms with Gasteiger partial charge >= 0.3 is 0 Å². The summed E-state index contributed by atoms with van der Waals surface area (Å²) in [5, 5.41) is 17.6. The average molecular weight is 1060 g/mol. The number of carbonyl (C=O) groups excluding carboxylic acids is 11. The smallest absolute Gasteiger partial charge is 0.246 e. The Labute approximate surface area is 428 Å². The van der Waals surface area contributed by atoms with Gasteiger partial charge in [0.05, 0.1) is 19.0 Å². The first-order valence-corrected chi connectivity index (χ1v) is 25.4. The van der Waals surface area contributed by atoms with Crippen LogP contribution in [0.15, 0.2) is 65.7 Å². The second-order valence-electron chi connectivity index (χ2n) is 16.9. The highest BCUT2D eigenvalue weighted by atomic mass is 33.1. The largest absolute Gasteiger partial charge is 0.370 e. The number of guanidine groups is 1. The number of benzene rings is 2. The van der Waals surface area contributed by atoms with Crippen LogP contribution in [0.25, 0.3) is 0 Å². The number of likely N-dealkylation sites (N-methyl/N-ethyl adjacent to an activating group) is 1. The van der Waals surface area contributed by atoms with Gasteiger partial charge in [-0.3, -0.25) is 57.7 Å². The van der Waals surface area contributed by atoms with Gasteiger partial charge in [-0.2, -0.15) is 0 Å². The summed E-state index contributed by atoms with van der Waals surface area (Å²) < 4.78 is 0. The third-order valence-corrected chi connectivity index (χ3v) is 13.5. The summed E-state index contributed by atoms with van der Waals surface area (Å²) in [5.74, 6) is -10.5. The van der Waals surface area contributed by atoms with Gasteiger partial charge in [0.1, 0.15) is 42.3 Å². The number of aliphatic imine (C=N–C) groups is 1. The molecule has 0 aliphatic carbocycles. The predicted molar refractivity (Wildman–Crippen MR) is 271 cm³/mol. The summed E-state index contributed by atoms with van der Waals surface area (Å²) in [6, 6.07) is 5.74. The molecule has 8 atom stereocenters. The Morgan fingerprint density at radius 2 is 1.18 bits per heavy atom. The maximum Gasteiger partial charge on any atom is 0.246 e. The second-order valence-corrected chi connectivity index (χ2v) is 19.4. The highest BCUT2D eigenvalue weighted by Crippen LogP contribution is 2.24. The van der Waals surface area contributed by atoms with Crippen molar-refractivity contribution >= 4 is 92.5 Å². The maximum atomic E-state index is 14.3. The number of carbonyl (C=O) groups is 11. The molecule has 1 aliphatic rings. The molecule has 0 spiro atoms. The van der Waals surface area contributed by atoms with Crippen LogP contribution in [0.5, 0.6) is 0 Å². The molecule has 0 aromatic heterocycles. The lowest BCUT2D eigenvalue weighted by Gasteiger charge is -2.31. The van der Waals surface area contributed by atoms with Crippen molar-refractivity contribution in [2.45, 2.75) is 100 Å². The summed E-state index contributed by atoms with van der Waals surface area (Å²) in [6.45, 7) is 0.866. The molecule has 1 aliphatic heterocycles. The van der Waals surface area contributed by atoms with Gasteiger partial charge in [0.15, 0.2) is 5.96 Å². The van der Waals surface area contributed by atoms with E-state index in [1.54, 1.807) is 60.7 Å². The highest BCUT2D eigenvalue weighted by Gasteiger charge is 2.36. The fraction of sp³-hybridized carbons (Fsp3) is 0.467. The van der Waals surface area contributed by atoms with Crippen LogP contribution in [0.4, 0.5) is 0 Å². The Morgan fingerprint density at radius 1 is 0.671 bits per heavy atom. The van der Waals surface area contributed by atoms with E-state index < -0.39 is 139 Å². The Balaban J connectivity index is 2.04. The van der Waals surface area contributed by atoms with Gasteiger partial charge < -0.3 is 76.5 Å². The number of nitrogens with two attached hydrogens (primary N) is 6. The monoisotopic (exact) mass is 1060 g/mol. The maximum absolute atomic E-state index is 14.3. The predicted octanol–water partition coefficient (Wildman–Crippen LogP) is -5.25. The van der Waals surface area contributed by atoms with Gasteiger partial charge in [-0.1, -0.05) is 82.3 Å². The van der Waals surface area contributed by atoms with Crippen molar-refractivity contribution < 1.29 is 52.7 Å². The number of rotatable bonds is 20. The number of primary amides is 3. The van der Waals surface area contributed by atoms with E-state index in [-0.39, 0.29) is 49.7 Å². The van der Waals surface area contributed by atoms with Crippen LogP contribution in [0, 0.1) is 0 Å². The fourth-order valence-electron chi connectivity index (χ4n) is 6.91.